The molecule has 0 amide bonds. The van der Waals surface area contributed by atoms with Crippen LogP contribution in [-0.4, -0.2) is 14.2 Å². The van der Waals surface area contributed by atoms with Crippen molar-refractivity contribution in [3.8, 4) is 22.6 Å². The molecule has 18 heavy (non-hydrogen) atoms. The van der Waals surface area contributed by atoms with Gasteiger partial charge in [0, 0.05) is 17.2 Å². The fourth-order valence-electron chi connectivity index (χ4n) is 1.73. The lowest BCUT2D eigenvalue weighted by molar-refractivity contribution is 0.395. The van der Waals surface area contributed by atoms with Gasteiger partial charge in [-0.1, -0.05) is 12.1 Å². The highest BCUT2D eigenvalue weighted by atomic mass is 79.9. The standard InChI is InChI=1S/C14H12BrFO2/c1-17-9-6-7-10(13(8-9)18-2)11-4-3-5-12(15)14(11)16/h3-8H,1-2H3. The van der Waals surface area contributed by atoms with Crippen LogP contribution in [0, 0.1) is 5.82 Å². The largest absolute Gasteiger partial charge is 0.497 e. The van der Waals surface area contributed by atoms with Gasteiger partial charge in [-0.05, 0) is 34.1 Å². The zero-order valence-corrected chi connectivity index (χ0v) is 11.6. The second kappa shape index (κ2) is 5.40. The maximum Gasteiger partial charge on any atom is 0.145 e. The predicted molar refractivity (Wildman–Crippen MR) is 72.6 cm³/mol. The van der Waals surface area contributed by atoms with E-state index in [1.165, 1.54) is 0 Å². The van der Waals surface area contributed by atoms with Crippen molar-refractivity contribution < 1.29 is 13.9 Å². The summed E-state index contributed by atoms with van der Waals surface area (Å²) in [7, 11) is 3.13. The zero-order chi connectivity index (χ0) is 13.1. The summed E-state index contributed by atoms with van der Waals surface area (Å²) in [5.74, 6) is 0.943. The minimum absolute atomic E-state index is 0.305. The third-order valence-electron chi connectivity index (χ3n) is 2.65. The number of methoxy groups -OCH3 is 2. The van der Waals surface area contributed by atoms with Crippen molar-refractivity contribution in [2.45, 2.75) is 0 Å². The molecule has 2 rings (SSSR count). The molecule has 0 aliphatic carbocycles. The lowest BCUT2D eigenvalue weighted by Crippen LogP contribution is -1.92. The maximum absolute atomic E-state index is 14.1. The van der Waals surface area contributed by atoms with Crippen LogP contribution in [-0.2, 0) is 0 Å². The molecule has 0 fully saturated rings. The summed E-state index contributed by atoms with van der Waals surface area (Å²) < 4.78 is 24.9. The third kappa shape index (κ3) is 2.34. The van der Waals surface area contributed by atoms with Crippen LogP contribution in [0.5, 0.6) is 11.5 Å². The highest BCUT2D eigenvalue weighted by Crippen LogP contribution is 2.36. The Morgan fingerprint density at radius 2 is 1.78 bits per heavy atom. The van der Waals surface area contributed by atoms with Crippen LogP contribution >= 0.6 is 15.9 Å². The maximum atomic E-state index is 14.1. The van der Waals surface area contributed by atoms with E-state index in [4.69, 9.17) is 9.47 Å². The van der Waals surface area contributed by atoms with Crippen molar-refractivity contribution >= 4 is 15.9 Å². The minimum Gasteiger partial charge on any atom is -0.497 e. The van der Waals surface area contributed by atoms with Crippen molar-refractivity contribution in [3.63, 3.8) is 0 Å². The second-order valence-electron chi connectivity index (χ2n) is 3.67. The molecule has 0 spiro atoms. The normalized spacial score (nSPS) is 10.2. The van der Waals surface area contributed by atoms with Gasteiger partial charge in [-0.3, -0.25) is 0 Å². The van der Waals surface area contributed by atoms with Crippen LogP contribution in [0.15, 0.2) is 40.9 Å². The highest BCUT2D eigenvalue weighted by Gasteiger charge is 2.13. The molecule has 0 N–H and O–H groups in total. The molecule has 94 valence electrons. The van der Waals surface area contributed by atoms with Crippen molar-refractivity contribution in [2.24, 2.45) is 0 Å². The van der Waals surface area contributed by atoms with Gasteiger partial charge in [-0.15, -0.1) is 0 Å². The highest BCUT2D eigenvalue weighted by molar-refractivity contribution is 9.10. The van der Waals surface area contributed by atoms with E-state index in [9.17, 15) is 4.39 Å². The number of ether oxygens (including phenoxy) is 2. The third-order valence-corrected chi connectivity index (χ3v) is 3.26. The second-order valence-corrected chi connectivity index (χ2v) is 4.52. The molecule has 0 heterocycles. The molecule has 0 aromatic heterocycles. The Bertz CT molecular complexity index is 570. The van der Waals surface area contributed by atoms with E-state index in [1.54, 1.807) is 50.6 Å². The summed E-state index contributed by atoms with van der Waals surface area (Å²) >= 11 is 3.18. The first-order valence-corrected chi connectivity index (χ1v) is 6.13. The van der Waals surface area contributed by atoms with Crippen molar-refractivity contribution in [3.05, 3.63) is 46.7 Å². The van der Waals surface area contributed by atoms with Crippen molar-refractivity contribution in [2.75, 3.05) is 14.2 Å². The van der Waals surface area contributed by atoms with E-state index in [0.717, 1.165) is 0 Å². The first-order chi connectivity index (χ1) is 8.67. The van der Waals surface area contributed by atoms with Gasteiger partial charge in [0.25, 0.3) is 0 Å². The van der Waals surface area contributed by atoms with Gasteiger partial charge >= 0.3 is 0 Å². The molecule has 0 saturated carbocycles. The molecule has 0 atom stereocenters. The fraction of sp³-hybridized carbons (Fsp3) is 0.143. The van der Waals surface area contributed by atoms with Crippen LogP contribution in [0.1, 0.15) is 0 Å². The van der Waals surface area contributed by atoms with E-state index in [1.807, 2.05) is 0 Å². The number of benzene rings is 2. The van der Waals surface area contributed by atoms with Crippen molar-refractivity contribution in [1.29, 1.82) is 0 Å². The van der Waals surface area contributed by atoms with Crippen LogP contribution < -0.4 is 9.47 Å². The van der Waals surface area contributed by atoms with Gasteiger partial charge in [-0.25, -0.2) is 4.39 Å². The van der Waals surface area contributed by atoms with E-state index < -0.39 is 0 Å². The lowest BCUT2D eigenvalue weighted by atomic mass is 10.0. The van der Waals surface area contributed by atoms with E-state index in [2.05, 4.69) is 15.9 Å². The molecule has 0 aliphatic rings. The van der Waals surface area contributed by atoms with E-state index in [-0.39, 0.29) is 5.82 Å². The average Bonchev–Trinajstić information content (AvgIpc) is 2.41. The predicted octanol–water partition coefficient (Wildman–Crippen LogP) is 4.27. The molecule has 0 aliphatic heterocycles. The molecular formula is C14H12BrFO2. The number of hydrogen-bond donors (Lipinski definition) is 0. The molecule has 0 radical (unpaired) electrons. The first-order valence-electron chi connectivity index (χ1n) is 5.33. The summed E-state index contributed by atoms with van der Waals surface area (Å²) in [5, 5.41) is 0. The Hall–Kier alpha value is -1.55. The Morgan fingerprint density at radius 3 is 2.44 bits per heavy atom. The summed E-state index contributed by atoms with van der Waals surface area (Å²) in [6.45, 7) is 0. The zero-order valence-electron chi connectivity index (χ0n) is 10.0. The Balaban J connectivity index is 2.60. The SMILES string of the molecule is COc1ccc(-c2cccc(Br)c2F)c(OC)c1. The molecule has 2 aromatic carbocycles. The van der Waals surface area contributed by atoms with Gasteiger partial charge in [0.15, 0.2) is 0 Å². The molecule has 0 bridgehead atoms. The summed E-state index contributed by atoms with van der Waals surface area (Å²) in [6, 6.07) is 10.4. The molecule has 2 aromatic rings. The van der Waals surface area contributed by atoms with Gasteiger partial charge in [0.1, 0.15) is 17.3 Å². The number of rotatable bonds is 3. The van der Waals surface area contributed by atoms with Gasteiger partial charge in [0.2, 0.25) is 0 Å². The summed E-state index contributed by atoms with van der Waals surface area (Å²) in [4.78, 5) is 0. The quantitative estimate of drug-likeness (QED) is 0.842. The first kappa shape index (κ1) is 12.9. The number of halogens is 2. The topological polar surface area (TPSA) is 18.5 Å². The van der Waals surface area contributed by atoms with Gasteiger partial charge < -0.3 is 9.47 Å². The summed E-state index contributed by atoms with van der Waals surface area (Å²) in [6.07, 6.45) is 0. The smallest absolute Gasteiger partial charge is 0.145 e. The molecular weight excluding hydrogens is 299 g/mol. The van der Waals surface area contributed by atoms with Crippen LogP contribution in [0.25, 0.3) is 11.1 Å². The summed E-state index contributed by atoms with van der Waals surface area (Å²) in [5.41, 5.74) is 1.18. The number of hydrogen-bond acceptors (Lipinski definition) is 2. The van der Waals surface area contributed by atoms with Crippen LogP contribution in [0.4, 0.5) is 4.39 Å². The monoisotopic (exact) mass is 310 g/mol. The minimum atomic E-state index is -0.305. The Kier molecular flexibility index (Phi) is 3.87. The van der Waals surface area contributed by atoms with E-state index >= 15 is 0 Å². The molecule has 2 nitrogen and oxygen atoms in total. The Morgan fingerprint density at radius 1 is 1.00 bits per heavy atom. The van der Waals surface area contributed by atoms with Gasteiger partial charge in [-0.2, -0.15) is 0 Å². The average molecular weight is 311 g/mol. The molecule has 0 saturated heterocycles. The van der Waals surface area contributed by atoms with Gasteiger partial charge in [0.05, 0.1) is 18.7 Å². The van der Waals surface area contributed by atoms with Crippen LogP contribution in [0.2, 0.25) is 0 Å². The molecule has 0 unspecified atom stereocenters. The van der Waals surface area contributed by atoms with E-state index in [0.29, 0.717) is 27.1 Å². The molecule has 4 heteroatoms. The van der Waals surface area contributed by atoms with Crippen LogP contribution in [0.3, 0.4) is 0 Å². The van der Waals surface area contributed by atoms with Crippen molar-refractivity contribution in [1.82, 2.24) is 0 Å². The Labute approximate surface area is 113 Å². The lowest BCUT2D eigenvalue weighted by Gasteiger charge is -2.11. The fourth-order valence-corrected chi connectivity index (χ4v) is 2.10.